The van der Waals surface area contributed by atoms with E-state index in [9.17, 15) is 19.7 Å². The van der Waals surface area contributed by atoms with Crippen molar-refractivity contribution >= 4 is 45.2 Å². The van der Waals surface area contributed by atoms with Gasteiger partial charge in [-0.2, -0.15) is 0 Å². The number of nitro groups is 1. The van der Waals surface area contributed by atoms with Crippen LogP contribution in [0.4, 0.5) is 11.4 Å². The summed E-state index contributed by atoms with van der Waals surface area (Å²) in [6.45, 7) is -0.195. The van der Waals surface area contributed by atoms with E-state index >= 15 is 0 Å². The van der Waals surface area contributed by atoms with E-state index in [-0.39, 0.29) is 18.1 Å². The van der Waals surface area contributed by atoms with E-state index in [4.69, 9.17) is 0 Å². The predicted molar refractivity (Wildman–Crippen MR) is 97.9 cm³/mol. The van der Waals surface area contributed by atoms with Gasteiger partial charge in [-0.15, -0.1) is 0 Å². The lowest BCUT2D eigenvalue weighted by molar-refractivity contribution is -0.384. The maximum Gasteiger partial charge on any atom is 0.270 e. The molecule has 128 valence electrons. The highest BCUT2D eigenvalue weighted by Crippen LogP contribution is 2.20. The molecule has 7 nitrogen and oxygen atoms in total. The smallest absolute Gasteiger partial charge is 0.270 e. The van der Waals surface area contributed by atoms with Crippen molar-refractivity contribution in [2.75, 3.05) is 11.9 Å². The summed E-state index contributed by atoms with van der Waals surface area (Å²) in [5.41, 5.74) is 1.06. The van der Waals surface area contributed by atoms with Crippen LogP contribution >= 0.6 is 15.9 Å². The monoisotopic (exact) mass is 403 g/mol. The molecule has 0 unspecified atom stereocenters. The summed E-state index contributed by atoms with van der Waals surface area (Å²) in [6.07, 6.45) is 2.65. The molecule has 0 radical (unpaired) electrons. The Balaban J connectivity index is 1.86. The number of hydrogen-bond acceptors (Lipinski definition) is 4. The zero-order valence-electron chi connectivity index (χ0n) is 12.9. The first-order valence-electron chi connectivity index (χ1n) is 7.20. The number of anilines is 1. The number of para-hydroxylation sites is 1. The summed E-state index contributed by atoms with van der Waals surface area (Å²) in [6, 6.07) is 13.0. The fourth-order valence-corrected chi connectivity index (χ4v) is 2.28. The Morgan fingerprint density at radius 2 is 1.92 bits per heavy atom. The molecule has 0 atom stereocenters. The van der Waals surface area contributed by atoms with Gasteiger partial charge in [-0.1, -0.05) is 24.3 Å². The van der Waals surface area contributed by atoms with Crippen molar-refractivity contribution in [3.05, 3.63) is 74.8 Å². The average Bonchev–Trinajstić information content (AvgIpc) is 2.60. The van der Waals surface area contributed by atoms with E-state index in [0.717, 1.165) is 4.47 Å². The lowest BCUT2D eigenvalue weighted by Crippen LogP contribution is -2.31. The lowest BCUT2D eigenvalue weighted by atomic mass is 10.2. The number of carbonyl (C=O) groups excluding carboxylic acids is 2. The molecule has 2 aromatic rings. The maximum absolute atomic E-state index is 11.8. The highest BCUT2D eigenvalue weighted by Gasteiger charge is 2.07. The van der Waals surface area contributed by atoms with Gasteiger partial charge in [-0.05, 0) is 39.7 Å². The van der Waals surface area contributed by atoms with Gasteiger partial charge in [0.15, 0.2) is 0 Å². The standard InChI is InChI=1S/C17H14BrN3O4/c18-14-6-1-2-7-15(14)20-17(23)11-19-16(22)9-8-12-4-3-5-13(10-12)21(24)25/h1-10H,11H2,(H,19,22)(H,20,23)/b9-8+. The molecule has 0 aliphatic heterocycles. The van der Waals surface area contributed by atoms with E-state index in [1.165, 1.54) is 30.4 Å². The number of benzene rings is 2. The quantitative estimate of drug-likeness (QED) is 0.439. The van der Waals surface area contributed by atoms with Crippen molar-refractivity contribution in [1.82, 2.24) is 5.32 Å². The van der Waals surface area contributed by atoms with Gasteiger partial charge in [-0.25, -0.2) is 0 Å². The minimum absolute atomic E-state index is 0.0598. The molecular formula is C17H14BrN3O4. The molecule has 0 bridgehead atoms. The largest absolute Gasteiger partial charge is 0.343 e. The molecule has 0 aliphatic carbocycles. The van der Waals surface area contributed by atoms with Gasteiger partial charge in [0.2, 0.25) is 11.8 Å². The first kappa shape index (κ1) is 18.3. The Hall–Kier alpha value is -3.00. The maximum atomic E-state index is 11.8. The topological polar surface area (TPSA) is 101 Å². The molecule has 2 rings (SSSR count). The van der Waals surface area contributed by atoms with Crippen molar-refractivity contribution in [2.24, 2.45) is 0 Å². The van der Waals surface area contributed by atoms with Crippen LogP contribution in [0.25, 0.3) is 6.08 Å². The minimum Gasteiger partial charge on any atom is -0.343 e. The summed E-state index contributed by atoms with van der Waals surface area (Å²) in [4.78, 5) is 33.7. The fraction of sp³-hybridized carbons (Fsp3) is 0.0588. The molecule has 25 heavy (non-hydrogen) atoms. The van der Waals surface area contributed by atoms with Crippen molar-refractivity contribution in [3.63, 3.8) is 0 Å². The van der Waals surface area contributed by atoms with Crippen molar-refractivity contribution in [2.45, 2.75) is 0 Å². The van der Waals surface area contributed by atoms with Crippen LogP contribution in [-0.4, -0.2) is 23.3 Å². The second-order valence-electron chi connectivity index (χ2n) is 4.93. The molecule has 0 fully saturated rings. The summed E-state index contributed by atoms with van der Waals surface area (Å²) < 4.78 is 0.736. The first-order chi connectivity index (χ1) is 12.0. The third kappa shape index (κ3) is 5.85. The molecule has 0 aliphatic rings. The van der Waals surface area contributed by atoms with Gasteiger partial charge in [0.05, 0.1) is 17.2 Å². The average molecular weight is 404 g/mol. The molecule has 2 aromatic carbocycles. The summed E-state index contributed by atoms with van der Waals surface area (Å²) >= 11 is 3.31. The molecule has 0 saturated heterocycles. The van der Waals surface area contributed by atoms with Gasteiger partial charge in [0.1, 0.15) is 0 Å². The number of carbonyl (C=O) groups is 2. The van der Waals surface area contributed by atoms with Crippen LogP contribution in [-0.2, 0) is 9.59 Å². The SMILES string of the molecule is O=C(/C=C/c1cccc([N+](=O)[O-])c1)NCC(=O)Nc1ccccc1Br. The molecule has 0 aromatic heterocycles. The zero-order valence-corrected chi connectivity index (χ0v) is 14.5. The van der Waals surface area contributed by atoms with Crippen LogP contribution in [0.1, 0.15) is 5.56 Å². The summed E-state index contributed by atoms with van der Waals surface area (Å²) in [5, 5.41) is 15.8. The van der Waals surface area contributed by atoms with E-state index in [1.54, 1.807) is 24.3 Å². The van der Waals surface area contributed by atoms with Crippen LogP contribution < -0.4 is 10.6 Å². The Labute approximate surface area is 152 Å². The van der Waals surface area contributed by atoms with E-state index in [1.807, 2.05) is 6.07 Å². The van der Waals surface area contributed by atoms with Gasteiger partial charge in [-0.3, -0.25) is 19.7 Å². The summed E-state index contributed by atoms with van der Waals surface area (Å²) in [5.74, 6) is -0.849. The second kappa shape index (κ2) is 8.74. The molecule has 0 saturated carbocycles. The highest BCUT2D eigenvalue weighted by atomic mass is 79.9. The molecule has 0 heterocycles. The number of halogens is 1. The number of nitro benzene ring substituents is 1. The fourth-order valence-electron chi connectivity index (χ4n) is 1.90. The van der Waals surface area contributed by atoms with Crippen molar-refractivity contribution < 1.29 is 14.5 Å². The van der Waals surface area contributed by atoms with E-state index in [2.05, 4.69) is 26.6 Å². The van der Waals surface area contributed by atoms with Crippen LogP contribution in [0, 0.1) is 10.1 Å². The Kier molecular flexibility index (Phi) is 6.41. The second-order valence-corrected chi connectivity index (χ2v) is 5.79. The van der Waals surface area contributed by atoms with Gasteiger partial charge >= 0.3 is 0 Å². The molecular weight excluding hydrogens is 390 g/mol. The number of hydrogen-bond donors (Lipinski definition) is 2. The van der Waals surface area contributed by atoms with E-state index < -0.39 is 10.8 Å². The van der Waals surface area contributed by atoms with Gasteiger partial charge < -0.3 is 10.6 Å². The normalized spacial score (nSPS) is 10.4. The molecule has 8 heteroatoms. The third-order valence-electron chi connectivity index (χ3n) is 3.08. The number of nitrogens with one attached hydrogen (secondary N) is 2. The zero-order chi connectivity index (χ0) is 18.2. The van der Waals surface area contributed by atoms with Crippen LogP contribution in [0.5, 0.6) is 0 Å². The van der Waals surface area contributed by atoms with Crippen LogP contribution in [0.15, 0.2) is 59.1 Å². The number of amides is 2. The van der Waals surface area contributed by atoms with Crippen LogP contribution in [0.2, 0.25) is 0 Å². The van der Waals surface area contributed by atoms with Gasteiger partial charge in [0, 0.05) is 22.7 Å². The van der Waals surface area contributed by atoms with Crippen LogP contribution in [0.3, 0.4) is 0 Å². The third-order valence-corrected chi connectivity index (χ3v) is 3.77. The van der Waals surface area contributed by atoms with E-state index in [0.29, 0.717) is 11.3 Å². The lowest BCUT2D eigenvalue weighted by Gasteiger charge is -2.07. The molecule has 2 amide bonds. The first-order valence-corrected chi connectivity index (χ1v) is 8.00. The summed E-state index contributed by atoms with van der Waals surface area (Å²) in [7, 11) is 0. The number of non-ortho nitro benzene ring substituents is 1. The minimum atomic E-state index is -0.510. The van der Waals surface area contributed by atoms with Crippen molar-refractivity contribution in [1.29, 1.82) is 0 Å². The Morgan fingerprint density at radius 1 is 1.16 bits per heavy atom. The number of rotatable bonds is 6. The molecule has 2 N–H and O–H groups in total. The Morgan fingerprint density at radius 3 is 2.64 bits per heavy atom. The van der Waals surface area contributed by atoms with Gasteiger partial charge in [0.25, 0.3) is 5.69 Å². The predicted octanol–water partition coefficient (Wildman–Crippen LogP) is 3.13. The highest BCUT2D eigenvalue weighted by molar-refractivity contribution is 9.10. The Bertz CT molecular complexity index is 836. The number of nitrogens with zero attached hydrogens (tertiary/aromatic N) is 1. The molecule has 0 spiro atoms. The van der Waals surface area contributed by atoms with Crippen molar-refractivity contribution in [3.8, 4) is 0 Å².